The van der Waals surface area contributed by atoms with Crippen molar-refractivity contribution in [3.8, 4) is 0 Å². The third-order valence-electron chi connectivity index (χ3n) is 4.00. The van der Waals surface area contributed by atoms with Gasteiger partial charge in [0.15, 0.2) is 0 Å². The molecule has 0 bridgehead atoms. The van der Waals surface area contributed by atoms with Crippen molar-refractivity contribution in [3.63, 3.8) is 0 Å². The molecule has 0 aliphatic heterocycles. The summed E-state index contributed by atoms with van der Waals surface area (Å²) < 4.78 is 0. The molecule has 3 unspecified atom stereocenters. The maximum atomic E-state index is 5.78. The minimum Gasteiger partial charge on any atom is -0.330 e. The minimum absolute atomic E-state index is 0.638. The molecule has 1 aliphatic rings. The molecule has 0 heterocycles. The maximum absolute atomic E-state index is 5.78. The van der Waals surface area contributed by atoms with Crippen molar-refractivity contribution in [2.75, 3.05) is 13.1 Å². The molecule has 1 fully saturated rings. The van der Waals surface area contributed by atoms with Crippen LogP contribution in [-0.4, -0.2) is 19.1 Å². The summed E-state index contributed by atoms with van der Waals surface area (Å²) in [4.78, 5) is 0. The van der Waals surface area contributed by atoms with Gasteiger partial charge in [-0.25, -0.2) is 0 Å². The first-order valence-electron chi connectivity index (χ1n) is 6.58. The Morgan fingerprint density at radius 1 is 1.27 bits per heavy atom. The highest BCUT2D eigenvalue weighted by Gasteiger charge is 2.22. The average Bonchev–Trinajstić information content (AvgIpc) is 2.21. The Morgan fingerprint density at radius 2 is 1.93 bits per heavy atom. The van der Waals surface area contributed by atoms with E-state index in [1.165, 1.54) is 25.7 Å². The number of hydrogen-bond donors (Lipinski definition) is 2. The number of hydrogen-bond acceptors (Lipinski definition) is 2. The van der Waals surface area contributed by atoms with Crippen molar-refractivity contribution in [2.24, 2.45) is 23.5 Å². The van der Waals surface area contributed by atoms with Gasteiger partial charge in [0.2, 0.25) is 0 Å². The first-order valence-corrected chi connectivity index (χ1v) is 6.58. The van der Waals surface area contributed by atoms with Gasteiger partial charge < -0.3 is 11.1 Å². The van der Waals surface area contributed by atoms with Crippen molar-refractivity contribution in [1.82, 2.24) is 5.32 Å². The van der Waals surface area contributed by atoms with E-state index in [0.29, 0.717) is 11.8 Å². The van der Waals surface area contributed by atoms with Gasteiger partial charge >= 0.3 is 0 Å². The molecule has 2 heteroatoms. The van der Waals surface area contributed by atoms with E-state index in [-0.39, 0.29) is 0 Å². The Labute approximate surface area is 95.0 Å². The van der Waals surface area contributed by atoms with Gasteiger partial charge in [-0.3, -0.25) is 0 Å². The molecule has 0 aromatic heterocycles. The van der Waals surface area contributed by atoms with Crippen molar-refractivity contribution < 1.29 is 0 Å². The third kappa shape index (κ3) is 4.12. The zero-order valence-corrected chi connectivity index (χ0v) is 10.6. The van der Waals surface area contributed by atoms with Gasteiger partial charge in [0.05, 0.1) is 0 Å². The van der Waals surface area contributed by atoms with Crippen LogP contribution in [0.5, 0.6) is 0 Å². The topological polar surface area (TPSA) is 38.0 Å². The van der Waals surface area contributed by atoms with Crippen LogP contribution < -0.4 is 11.1 Å². The van der Waals surface area contributed by atoms with Crippen LogP contribution in [0.25, 0.3) is 0 Å². The molecule has 0 spiro atoms. The van der Waals surface area contributed by atoms with Crippen LogP contribution in [-0.2, 0) is 0 Å². The van der Waals surface area contributed by atoms with E-state index in [0.717, 1.165) is 25.0 Å². The zero-order valence-electron chi connectivity index (χ0n) is 10.6. The molecule has 0 aromatic rings. The summed E-state index contributed by atoms with van der Waals surface area (Å²) in [6.45, 7) is 8.83. The van der Waals surface area contributed by atoms with Gasteiger partial charge in [-0.05, 0) is 43.7 Å². The first-order chi connectivity index (χ1) is 7.15. The quantitative estimate of drug-likeness (QED) is 0.734. The van der Waals surface area contributed by atoms with E-state index in [1.54, 1.807) is 0 Å². The fourth-order valence-corrected chi connectivity index (χ4v) is 2.51. The lowest BCUT2D eigenvalue weighted by molar-refractivity contribution is 0.255. The molecule has 1 rings (SSSR count). The van der Waals surface area contributed by atoms with Gasteiger partial charge in [0, 0.05) is 6.04 Å². The van der Waals surface area contributed by atoms with E-state index in [9.17, 15) is 0 Å². The first kappa shape index (κ1) is 13.0. The lowest BCUT2D eigenvalue weighted by atomic mass is 9.85. The Kier molecular flexibility index (Phi) is 5.62. The molecule has 15 heavy (non-hydrogen) atoms. The van der Waals surface area contributed by atoms with E-state index in [4.69, 9.17) is 5.73 Å². The second-order valence-corrected chi connectivity index (χ2v) is 5.52. The van der Waals surface area contributed by atoms with Crippen LogP contribution >= 0.6 is 0 Å². The summed E-state index contributed by atoms with van der Waals surface area (Å²) >= 11 is 0. The van der Waals surface area contributed by atoms with Gasteiger partial charge in [0.25, 0.3) is 0 Å². The van der Waals surface area contributed by atoms with Gasteiger partial charge in [-0.1, -0.05) is 33.6 Å². The molecule has 90 valence electrons. The molecular formula is C13H28N2. The predicted octanol–water partition coefficient (Wildman–Crippen LogP) is 2.39. The molecule has 1 aliphatic carbocycles. The number of rotatable bonds is 5. The van der Waals surface area contributed by atoms with Crippen LogP contribution in [0.1, 0.15) is 46.5 Å². The second-order valence-electron chi connectivity index (χ2n) is 5.52. The van der Waals surface area contributed by atoms with E-state index < -0.39 is 0 Å². The van der Waals surface area contributed by atoms with Crippen LogP contribution in [0, 0.1) is 17.8 Å². The molecule has 2 nitrogen and oxygen atoms in total. The van der Waals surface area contributed by atoms with Crippen molar-refractivity contribution >= 4 is 0 Å². The zero-order chi connectivity index (χ0) is 11.3. The normalized spacial score (nSPS) is 29.4. The molecular weight excluding hydrogens is 184 g/mol. The molecule has 0 saturated heterocycles. The van der Waals surface area contributed by atoms with Gasteiger partial charge in [-0.15, -0.1) is 0 Å². The van der Waals surface area contributed by atoms with Gasteiger partial charge in [0.1, 0.15) is 0 Å². The second kappa shape index (κ2) is 6.49. The Balaban J connectivity index is 2.27. The smallest absolute Gasteiger partial charge is 0.00928 e. The Hall–Kier alpha value is -0.0800. The highest BCUT2D eigenvalue weighted by atomic mass is 14.9. The third-order valence-corrected chi connectivity index (χ3v) is 4.00. The molecule has 0 aromatic carbocycles. The number of nitrogens with one attached hydrogen (secondary N) is 1. The summed E-state index contributed by atoms with van der Waals surface area (Å²) in [5, 5.41) is 3.72. The summed E-state index contributed by atoms with van der Waals surface area (Å²) in [5.41, 5.74) is 5.78. The van der Waals surface area contributed by atoms with Crippen LogP contribution in [0.3, 0.4) is 0 Å². The van der Waals surface area contributed by atoms with Gasteiger partial charge in [-0.2, -0.15) is 0 Å². The van der Waals surface area contributed by atoms with Crippen LogP contribution in [0.15, 0.2) is 0 Å². The highest BCUT2D eigenvalue weighted by Crippen LogP contribution is 2.24. The van der Waals surface area contributed by atoms with Crippen LogP contribution in [0.4, 0.5) is 0 Å². The van der Waals surface area contributed by atoms with Crippen LogP contribution in [0.2, 0.25) is 0 Å². The molecule has 0 radical (unpaired) electrons. The summed E-state index contributed by atoms with van der Waals surface area (Å²) in [7, 11) is 0. The van der Waals surface area contributed by atoms with E-state index in [2.05, 4.69) is 26.1 Å². The van der Waals surface area contributed by atoms with E-state index >= 15 is 0 Å². The molecule has 1 saturated carbocycles. The van der Waals surface area contributed by atoms with Crippen molar-refractivity contribution in [2.45, 2.75) is 52.5 Å². The largest absolute Gasteiger partial charge is 0.330 e. The fourth-order valence-electron chi connectivity index (χ4n) is 2.51. The summed E-state index contributed by atoms with van der Waals surface area (Å²) in [5.74, 6) is 2.19. The SMILES string of the molecule is CC(C)C(CN)CNC1CCCCC1C. The summed E-state index contributed by atoms with van der Waals surface area (Å²) in [6, 6.07) is 0.742. The Bertz CT molecular complexity index is 168. The lowest BCUT2D eigenvalue weighted by Gasteiger charge is -2.31. The molecule has 3 atom stereocenters. The summed E-state index contributed by atoms with van der Waals surface area (Å²) in [6.07, 6.45) is 5.57. The molecule has 0 amide bonds. The fraction of sp³-hybridized carbons (Fsp3) is 1.00. The average molecular weight is 212 g/mol. The Morgan fingerprint density at radius 3 is 2.47 bits per heavy atom. The minimum atomic E-state index is 0.638. The standard InChI is InChI=1S/C13H28N2/c1-10(2)12(8-14)9-15-13-7-5-4-6-11(13)3/h10-13,15H,4-9,14H2,1-3H3. The van der Waals surface area contributed by atoms with Crippen molar-refractivity contribution in [3.05, 3.63) is 0 Å². The maximum Gasteiger partial charge on any atom is 0.00928 e. The van der Waals surface area contributed by atoms with E-state index in [1.807, 2.05) is 0 Å². The highest BCUT2D eigenvalue weighted by molar-refractivity contribution is 4.79. The molecule has 3 N–H and O–H groups in total. The monoisotopic (exact) mass is 212 g/mol. The van der Waals surface area contributed by atoms with Crippen molar-refractivity contribution in [1.29, 1.82) is 0 Å². The number of nitrogens with two attached hydrogens (primary N) is 1. The predicted molar refractivity (Wildman–Crippen MR) is 66.8 cm³/mol. The lowest BCUT2D eigenvalue weighted by Crippen LogP contribution is -2.42.